The summed E-state index contributed by atoms with van der Waals surface area (Å²) in [6.07, 6.45) is -2.64. The van der Waals surface area contributed by atoms with Gasteiger partial charge in [-0.1, -0.05) is 61.9 Å². The summed E-state index contributed by atoms with van der Waals surface area (Å²) in [5.41, 5.74) is 1.50. The zero-order valence-electron chi connectivity index (χ0n) is 24.5. The average Bonchev–Trinajstić information content (AvgIpc) is 3.25. The second-order valence-corrected chi connectivity index (χ2v) is 12.2. The Balaban J connectivity index is 1.72. The van der Waals surface area contributed by atoms with Crippen LogP contribution >= 0.6 is 0 Å². The van der Waals surface area contributed by atoms with Gasteiger partial charge in [0, 0.05) is 6.42 Å². The Hall–Kier alpha value is -4.30. The Labute approximate surface area is 250 Å². The van der Waals surface area contributed by atoms with Gasteiger partial charge >= 0.3 is 12.1 Å². The number of benzene rings is 2. The smallest absolute Gasteiger partial charge is 0.418 e. The summed E-state index contributed by atoms with van der Waals surface area (Å²) in [4.78, 5) is 65.2. The zero-order valence-corrected chi connectivity index (χ0v) is 25.3. The first kappa shape index (κ1) is 33.2. The molecule has 14 heteroatoms. The highest BCUT2D eigenvalue weighted by Gasteiger charge is 2.47. The number of aryl methyl sites for hydroxylation is 1. The summed E-state index contributed by atoms with van der Waals surface area (Å²) in [7, 11) is -2.83. The van der Waals surface area contributed by atoms with E-state index in [1.807, 2.05) is 0 Å². The number of amides is 4. The van der Waals surface area contributed by atoms with E-state index in [0.29, 0.717) is 10.5 Å². The van der Waals surface area contributed by atoms with Gasteiger partial charge in [-0.05, 0) is 37.5 Å². The number of carbonyl (C=O) groups excluding carboxylic acids is 5. The van der Waals surface area contributed by atoms with Gasteiger partial charge < -0.3 is 20.1 Å². The zero-order chi connectivity index (χ0) is 31.9. The maximum Gasteiger partial charge on any atom is 0.418 e. The number of nitrogens with one attached hydrogen (secondary N) is 3. The summed E-state index contributed by atoms with van der Waals surface area (Å²) < 4.78 is 37.5. The highest BCUT2D eigenvalue weighted by Crippen LogP contribution is 2.20. The third kappa shape index (κ3) is 8.38. The van der Waals surface area contributed by atoms with E-state index in [4.69, 9.17) is 9.47 Å². The maximum atomic E-state index is 13.4. The molecule has 0 unspecified atom stereocenters. The number of imide groups is 1. The summed E-state index contributed by atoms with van der Waals surface area (Å²) >= 11 is 0. The predicted octanol–water partition coefficient (Wildman–Crippen LogP) is 1.05. The van der Waals surface area contributed by atoms with Crippen molar-refractivity contribution in [1.82, 2.24) is 20.3 Å². The van der Waals surface area contributed by atoms with E-state index < -0.39 is 70.6 Å². The number of nitrogens with zero attached hydrogens (tertiary/aromatic N) is 1. The molecule has 2 aromatic rings. The molecular weight excluding hydrogens is 580 g/mol. The number of methoxy groups -OCH3 is 1. The van der Waals surface area contributed by atoms with Crippen molar-refractivity contribution < 1.29 is 41.9 Å². The maximum absolute atomic E-state index is 13.4. The number of carbonyl (C=O) groups is 5. The van der Waals surface area contributed by atoms with Crippen LogP contribution in [0.15, 0.2) is 59.5 Å². The molecule has 13 nitrogen and oxygen atoms in total. The van der Waals surface area contributed by atoms with Gasteiger partial charge in [0.05, 0.1) is 24.6 Å². The monoisotopic (exact) mass is 616 g/mol. The molecule has 0 radical (unpaired) electrons. The molecule has 232 valence electrons. The lowest BCUT2D eigenvalue weighted by Crippen LogP contribution is -2.56. The van der Waals surface area contributed by atoms with Crippen molar-refractivity contribution >= 4 is 39.8 Å². The number of hydrogen-bond donors (Lipinski definition) is 3. The fourth-order valence-corrected chi connectivity index (χ4v) is 5.52. The van der Waals surface area contributed by atoms with Crippen molar-refractivity contribution in [2.24, 2.45) is 5.92 Å². The number of esters is 1. The molecule has 1 heterocycles. The minimum atomic E-state index is -4.01. The first-order chi connectivity index (χ1) is 20.2. The van der Waals surface area contributed by atoms with Crippen molar-refractivity contribution in [2.45, 2.75) is 63.2 Å². The molecule has 43 heavy (non-hydrogen) atoms. The van der Waals surface area contributed by atoms with Gasteiger partial charge in [0.15, 0.2) is 6.10 Å². The van der Waals surface area contributed by atoms with E-state index in [9.17, 15) is 32.4 Å². The molecule has 0 saturated carbocycles. The van der Waals surface area contributed by atoms with Gasteiger partial charge in [0.25, 0.3) is 5.91 Å². The molecule has 1 aliphatic rings. The molecule has 1 aliphatic heterocycles. The second kappa shape index (κ2) is 14.2. The van der Waals surface area contributed by atoms with Crippen LogP contribution in [0, 0.1) is 12.8 Å². The van der Waals surface area contributed by atoms with Crippen LogP contribution in [-0.2, 0) is 45.1 Å². The van der Waals surface area contributed by atoms with Gasteiger partial charge in [0.2, 0.25) is 21.8 Å². The van der Waals surface area contributed by atoms with Gasteiger partial charge in [-0.3, -0.25) is 14.4 Å². The van der Waals surface area contributed by atoms with Crippen LogP contribution in [0.5, 0.6) is 0 Å². The lowest BCUT2D eigenvalue weighted by atomic mass is 10.0. The van der Waals surface area contributed by atoms with Gasteiger partial charge in [-0.2, -0.15) is 4.72 Å². The van der Waals surface area contributed by atoms with E-state index in [0.717, 1.165) is 5.56 Å². The molecule has 1 fully saturated rings. The Morgan fingerprint density at radius 2 is 1.60 bits per heavy atom. The summed E-state index contributed by atoms with van der Waals surface area (Å²) in [5.74, 6) is -3.47. The van der Waals surface area contributed by atoms with Crippen LogP contribution in [0.25, 0.3) is 0 Å². The van der Waals surface area contributed by atoms with Crippen LogP contribution < -0.4 is 15.4 Å². The van der Waals surface area contributed by atoms with Crippen LogP contribution in [0.4, 0.5) is 4.79 Å². The SMILES string of the molecule is COC(=O)[C@@H](NC(=O)[C@H](Cc1ccccc1)N1C(=O)O[C@@H](CNC(=O)[C@H](C)NS(=O)(=O)c2ccc(C)cc2)C1=O)C(C)C. The Kier molecular flexibility index (Phi) is 11.0. The summed E-state index contributed by atoms with van der Waals surface area (Å²) in [6, 6.07) is 11.1. The largest absolute Gasteiger partial charge is 0.467 e. The van der Waals surface area contributed by atoms with Crippen LogP contribution in [0.2, 0.25) is 0 Å². The molecule has 3 N–H and O–H groups in total. The number of cyclic esters (lactones) is 1. The van der Waals surface area contributed by atoms with Crippen LogP contribution in [-0.4, -0.2) is 81.0 Å². The van der Waals surface area contributed by atoms with Crippen LogP contribution in [0.1, 0.15) is 31.9 Å². The molecule has 4 atom stereocenters. The standard InChI is InChI=1S/C29H36N4O9S/c1-17(2)24(28(37)41-5)31-26(35)22(15-20-9-7-6-8-10-20)33-27(36)23(42-29(33)38)16-30-25(34)19(4)32-43(39,40)21-13-11-18(3)12-14-21/h6-14,17,19,22-24,32H,15-16H2,1-5H3,(H,30,34)(H,31,35)/t19-,22-,23-,24-/m0/s1. The minimum absolute atomic E-state index is 0.0251. The van der Waals surface area contributed by atoms with E-state index >= 15 is 0 Å². The fourth-order valence-electron chi connectivity index (χ4n) is 4.31. The Morgan fingerprint density at radius 1 is 0.977 bits per heavy atom. The third-order valence-corrected chi connectivity index (χ3v) is 8.33. The van der Waals surface area contributed by atoms with E-state index in [1.165, 1.54) is 26.2 Å². The first-order valence-electron chi connectivity index (χ1n) is 13.6. The van der Waals surface area contributed by atoms with Gasteiger partial charge in [-0.15, -0.1) is 0 Å². The lowest BCUT2D eigenvalue weighted by molar-refractivity contribution is -0.147. The molecular formula is C29H36N4O9S. The normalized spacial score (nSPS) is 17.2. The summed E-state index contributed by atoms with van der Waals surface area (Å²) in [6.45, 7) is 6.06. The highest BCUT2D eigenvalue weighted by molar-refractivity contribution is 7.89. The fraction of sp³-hybridized carbons (Fsp3) is 0.414. The van der Waals surface area contributed by atoms with Gasteiger partial charge in [-0.25, -0.2) is 22.9 Å². The quantitative estimate of drug-likeness (QED) is 0.278. The first-order valence-corrected chi connectivity index (χ1v) is 15.1. The average molecular weight is 617 g/mol. The minimum Gasteiger partial charge on any atom is -0.467 e. The molecule has 0 aromatic heterocycles. The lowest BCUT2D eigenvalue weighted by Gasteiger charge is -2.27. The molecule has 3 rings (SSSR count). The topological polar surface area (TPSA) is 177 Å². The highest BCUT2D eigenvalue weighted by atomic mass is 32.2. The van der Waals surface area contributed by atoms with Crippen molar-refractivity contribution in [3.8, 4) is 0 Å². The number of sulfonamides is 1. The Bertz CT molecular complexity index is 1450. The molecule has 4 amide bonds. The predicted molar refractivity (Wildman–Crippen MR) is 154 cm³/mol. The number of ether oxygens (including phenoxy) is 2. The van der Waals surface area contributed by atoms with Crippen molar-refractivity contribution in [3.63, 3.8) is 0 Å². The second-order valence-electron chi connectivity index (χ2n) is 10.4. The Morgan fingerprint density at radius 3 is 2.19 bits per heavy atom. The van der Waals surface area contributed by atoms with Crippen molar-refractivity contribution in [2.75, 3.05) is 13.7 Å². The molecule has 0 bridgehead atoms. The van der Waals surface area contributed by atoms with E-state index in [-0.39, 0.29) is 17.2 Å². The van der Waals surface area contributed by atoms with Crippen molar-refractivity contribution in [3.05, 3.63) is 65.7 Å². The molecule has 0 aliphatic carbocycles. The molecule has 1 saturated heterocycles. The van der Waals surface area contributed by atoms with E-state index in [2.05, 4.69) is 15.4 Å². The summed E-state index contributed by atoms with van der Waals surface area (Å²) in [5, 5.41) is 4.99. The van der Waals surface area contributed by atoms with Gasteiger partial charge in [0.1, 0.15) is 12.1 Å². The molecule has 2 aromatic carbocycles. The van der Waals surface area contributed by atoms with E-state index in [1.54, 1.807) is 63.2 Å². The molecule has 0 spiro atoms. The third-order valence-electron chi connectivity index (χ3n) is 6.78. The number of rotatable bonds is 13. The number of hydrogen-bond acceptors (Lipinski definition) is 9. The van der Waals surface area contributed by atoms with Crippen molar-refractivity contribution in [1.29, 1.82) is 0 Å². The van der Waals surface area contributed by atoms with Crippen LogP contribution in [0.3, 0.4) is 0 Å².